The summed E-state index contributed by atoms with van der Waals surface area (Å²) in [4.78, 5) is 16.0. The van der Waals surface area contributed by atoms with Crippen molar-refractivity contribution < 1.29 is 4.79 Å². The van der Waals surface area contributed by atoms with Crippen LogP contribution in [0.1, 0.15) is 76.5 Å². The van der Waals surface area contributed by atoms with Crippen LogP contribution >= 0.6 is 0 Å². The lowest BCUT2D eigenvalue weighted by atomic mass is 9.86. The van der Waals surface area contributed by atoms with Gasteiger partial charge >= 0.3 is 0 Å². The van der Waals surface area contributed by atoms with Crippen LogP contribution in [0.25, 0.3) is 22.4 Å². The van der Waals surface area contributed by atoms with Crippen LogP contribution in [0.2, 0.25) is 0 Å². The Bertz CT molecular complexity index is 991. The van der Waals surface area contributed by atoms with E-state index in [-0.39, 0.29) is 16.6 Å². The fourth-order valence-corrected chi connectivity index (χ4v) is 3.53. The summed E-state index contributed by atoms with van der Waals surface area (Å²) >= 11 is 0. The quantitative estimate of drug-likeness (QED) is 0.461. The number of ketones is 1. The molecule has 0 radical (unpaired) electrons. The van der Waals surface area contributed by atoms with Gasteiger partial charge in [0.2, 0.25) is 0 Å². The fraction of sp³-hybridized carbons (Fsp3) is 0.370. The molecule has 3 aromatic rings. The number of carbonyl (C=O) groups excluding carboxylic acids is 1. The molecule has 2 nitrogen and oxygen atoms in total. The van der Waals surface area contributed by atoms with Gasteiger partial charge in [0.1, 0.15) is 0 Å². The van der Waals surface area contributed by atoms with Crippen LogP contribution in [0.5, 0.6) is 0 Å². The van der Waals surface area contributed by atoms with Gasteiger partial charge in [0, 0.05) is 17.7 Å². The molecule has 0 saturated carbocycles. The number of hydrogen-bond acceptors (Lipinski definition) is 1. The Morgan fingerprint density at radius 3 is 1.62 bits per heavy atom. The third-order valence-electron chi connectivity index (χ3n) is 5.54. The van der Waals surface area contributed by atoms with Crippen molar-refractivity contribution in [1.82, 2.24) is 4.98 Å². The molecule has 3 rings (SSSR count). The minimum atomic E-state index is 0.110. The first kappa shape index (κ1) is 21.1. The Morgan fingerprint density at radius 1 is 0.759 bits per heavy atom. The second-order valence-corrected chi connectivity index (χ2v) is 9.90. The third kappa shape index (κ3) is 4.53. The predicted octanol–water partition coefficient (Wildman–Crippen LogP) is 7.54. The number of H-pyrrole nitrogens is 1. The van der Waals surface area contributed by atoms with Crippen molar-refractivity contribution >= 4 is 5.78 Å². The maximum atomic E-state index is 12.6. The summed E-state index contributed by atoms with van der Waals surface area (Å²) in [5.41, 5.74) is 7.66. The lowest BCUT2D eigenvalue weighted by Gasteiger charge is -2.19. The van der Waals surface area contributed by atoms with E-state index in [1.54, 1.807) is 0 Å². The van der Waals surface area contributed by atoms with Gasteiger partial charge in [-0.1, -0.05) is 97.0 Å². The van der Waals surface area contributed by atoms with E-state index in [2.05, 4.69) is 101 Å². The summed E-state index contributed by atoms with van der Waals surface area (Å²) in [6.45, 7) is 15.2. The highest BCUT2D eigenvalue weighted by Gasteiger charge is 2.19. The van der Waals surface area contributed by atoms with E-state index >= 15 is 0 Å². The van der Waals surface area contributed by atoms with Crippen LogP contribution in [0, 0.1) is 0 Å². The van der Waals surface area contributed by atoms with Gasteiger partial charge < -0.3 is 4.98 Å². The largest absolute Gasteiger partial charge is 0.352 e. The monoisotopic (exact) mass is 387 g/mol. The highest BCUT2D eigenvalue weighted by molar-refractivity contribution is 6.02. The lowest BCUT2D eigenvalue weighted by Crippen LogP contribution is -2.10. The average molecular weight is 388 g/mol. The maximum Gasteiger partial charge on any atom is 0.179 e. The van der Waals surface area contributed by atoms with E-state index in [1.165, 1.54) is 11.1 Å². The topological polar surface area (TPSA) is 32.9 Å². The van der Waals surface area contributed by atoms with Gasteiger partial charge in [-0.05, 0) is 39.2 Å². The first-order chi connectivity index (χ1) is 13.5. The molecule has 0 bridgehead atoms. The molecule has 0 spiro atoms. The summed E-state index contributed by atoms with van der Waals surface area (Å²) in [6.07, 6.45) is 0.482. The van der Waals surface area contributed by atoms with Gasteiger partial charge in [0.25, 0.3) is 0 Å². The number of nitrogens with one attached hydrogen (secondary N) is 1. The molecule has 0 amide bonds. The number of rotatable bonds is 4. The molecule has 1 heterocycles. The smallest absolute Gasteiger partial charge is 0.179 e. The molecule has 29 heavy (non-hydrogen) atoms. The van der Waals surface area contributed by atoms with E-state index in [1.807, 2.05) is 6.92 Å². The summed E-state index contributed by atoms with van der Waals surface area (Å²) in [5, 5.41) is 0. The molecule has 2 aromatic carbocycles. The Morgan fingerprint density at radius 2 is 1.21 bits per heavy atom. The number of aromatic nitrogens is 1. The Hall–Kier alpha value is -2.61. The van der Waals surface area contributed by atoms with Crippen molar-refractivity contribution in [2.75, 3.05) is 0 Å². The van der Waals surface area contributed by atoms with Gasteiger partial charge in [-0.3, -0.25) is 4.79 Å². The van der Waals surface area contributed by atoms with Crippen LogP contribution in [-0.2, 0) is 10.8 Å². The zero-order chi connectivity index (χ0) is 21.4. The standard InChI is InChI=1S/C27H33NO/c1-8-24(29)25-22(18-9-13-20(14-10-18)26(2,3)4)17-23(28-25)19-11-15-21(16-12-19)27(5,6)7/h9-17,28H,8H2,1-7H3. The normalized spacial score (nSPS) is 12.2. The molecule has 0 fully saturated rings. The number of aromatic amines is 1. The fourth-order valence-electron chi connectivity index (χ4n) is 3.53. The highest BCUT2D eigenvalue weighted by atomic mass is 16.1. The zero-order valence-corrected chi connectivity index (χ0v) is 18.8. The molecule has 1 N–H and O–H groups in total. The van der Waals surface area contributed by atoms with Gasteiger partial charge in [-0.2, -0.15) is 0 Å². The van der Waals surface area contributed by atoms with E-state index in [9.17, 15) is 4.79 Å². The molecule has 1 aromatic heterocycles. The highest BCUT2D eigenvalue weighted by Crippen LogP contribution is 2.33. The summed E-state index contributed by atoms with van der Waals surface area (Å²) in [6, 6.07) is 19.3. The minimum Gasteiger partial charge on any atom is -0.352 e. The van der Waals surface area contributed by atoms with E-state index in [0.29, 0.717) is 12.1 Å². The maximum absolute atomic E-state index is 12.6. The van der Waals surface area contributed by atoms with Gasteiger partial charge in [-0.15, -0.1) is 0 Å². The molecule has 0 unspecified atom stereocenters. The molecule has 0 aliphatic rings. The van der Waals surface area contributed by atoms with Crippen molar-refractivity contribution in [3.8, 4) is 22.4 Å². The Labute approximate surface area is 175 Å². The van der Waals surface area contributed by atoms with Crippen LogP contribution in [0.4, 0.5) is 0 Å². The molecule has 2 heteroatoms. The number of hydrogen-bond donors (Lipinski definition) is 1. The van der Waals surface area contributed by atoms with E-state index in [4.69, 9.17) is 0 Å². The van der Waals surface area contributed by atoms with Crippen LogP contribution in [0.15, 0.2) is 54.6 Å². The Kier molecular flexibility index (Phi) is 5.58. The molecule has 0 aliphatic carbocycles. The van der Waals surface area contributed by atoms with E-state index in [0.717, 1.165) is 22.4 Å². The van der Waals surface area contributed by atoms with Gasteiger partial charge in [-0.25, -0.2) is 0 Å². The van der Waals surface area contributed by atoms with Gasteiger partial charge in [0.15, 0.2) is 5.78 Å². The summed E-state index contributed by atoms with van der Waals surface area (Å²) in [7, 11) is 0. The molecular weight excluding hydrogens is 354 g/mol. The van der Waals surface area contributed by atoms with Crippen LogP contribution in [-0.4, -0.2) is 10.8 Å². The van der Waals surface area contributed by atoms with Crippen LogP contribution in [0.3, 0.4) is 0 Å². The first-order valence-corrected chi connectivity index (χ1v) is 10.5. The van der Waals surface area contributed by atoms with Crippen molar-refractivity contribution in [3.63, 3.8) is 0 Å². The summed E-state index contributed by atoms with van der Waals surface area (Å²) in [5.74, 6) is 0.137. The van der Waals surface area contributed by atoms with Gasteiger partial charge in [0.05, 0.1) is 5.69 Å². The second-order valence-electron chi connectivity index (χ2n) is 9.90. The third-order valence-corrected chi connectivity index (χ3v) is 5.54. The van der Waals surface area contributed by atoms with Crippen molar-refractivity contribution in [3.05, 3.63) is 71.4 Å². The van der Waals surface area contributed by atoms with Crippen molar-refractivity contribution in [2.24, 2.45) is 0 Å². The van der Waals surface area contributed by atoms with Crippen LogP contribution < -0.4 is 0 Å². The number of Topliss-reactive ketones (excluding diaryl/α,β-unsaturated/α-hetero) is 1. The summed E-state index contributed by atoms with van der Waals surface area (Å²) < 4.78 is 0. The molecule has 152 valence electrons. The zero-order valence-electron chi connectivity index (χ0n) is 18.8. The first-order valence-electron chi connectivity index (χ1n) is 10.5. The average Bonchev–Trinajstić information content (AvgIpc) is 3.11. The molecule has 0 atom stereocenters. The molecule has 0 saturated heterocycles. The predicted molar refractivity (Wildman–Crippen MR) is 124 cm³/mol. The number of benzene rings is 2. The minimum absolute atomic E-state index is 0.110. The Balaban J connectivity index is 2.04. The van der Waals surface area contributed by atoms with Crippen molar-refractivity contribution in [2.45, 2.75) is 65.7 Å². The second kappa shape index (κ2) is 7.67. The SMILES string of the molecule is CCC(=O)c1[nH]c(-c2ccc(C(C)(C)C)cc2)cc1-c1ccc(C(C)(C)C)cc1. The number of carbonyl (C=O) groups is 1. The molecule has 0 aliphatic heterocycles. The van der Waals surface area contributed by atoms with Crippen molar-refractivity contribution in [1.29, 1.82) is 0 Å². The molecular formula is C27H33NO. The van der Waals surface area contributed by atoms with E-state index < -0.39 is 0 Å². The lowest BCUT2D eigenvalue weighted by molar-refractivity contribution is 0.0984.